The molecule has 3 heterocycles. The maximum absolute atomic E-state index is 4.61. The van der Waals surface area contributed by atoms with Crippen LogP contribution in [0.3, 0.4) is 0 Å². The van der Waals surface area contributed by atoms with E-state index in [9.17, 15) is 0 Å². The number of aryl methyl sites for hydroxylation is 1. The Kier molecular flexibility index (Phi) is 5.20. The van der Waals surface area contributed by atoms with E-state index in [0.29, 0.717) is 12.1 Å². The van der Waals surface area contributed by atoms with Gasteiger partial charge in [0.1, 0.15) is 18.0 Å². The van der Waals surface area contributed by atoms with Gasteiger partial charge in [0.2, 0.25) is 0 Å². The van der Waals surface area contributed by atoms with E-state index >= 15 is 0 Å². The van der Waals surface area contributed by atoms with E-state index in [-0.39, 0.29) is 0 Å². The van der Waals surface area contributed by atoms with Gasteiger partial charge in [-0.3, -0.25) is 14.9 Å². The third-order valence-electron chi connectivity index (χ3n) is 5.44. The Morgan fingerprint density at radius 1 is 1.00 bits per heavy atom. The summed E-state index contributed by atoms with van der Waals surface area (Å²) in [6.07, 6.45) is 10.3. The molecule has 1 aliphatic heterocycles. The highest BCUT2D eigenvalue weighted by Crippen LogP contribution is 2.36. The van der Waals surface area contributed by atoms with Crippen LogP contribution in [0.25, 0.3) is 0 Å². The first-order chi connectivity index (χ1) is 13.1. The summed E-state index contributed by atoms with van der Waals surface area (Å²) in [6, 6.07) is 3.34. The summed E-state index contributed by atoms with van der Waals surface area (Å²) in [5.41, 5.74) is 2.06. The van der Waals surface area contributed by atoms with Crippen molar-refractivity contribution in [1.29, 1.82) is 0 Å². The molecular formula is C20H29N7. The lowest BCUT2D eigenvalue weighted by Crippen LogP contribution is -2.46. The molecule has 4 rings (SSSR count). The zero-order valence-electron chi connectivity index (χ0n) is 16.5. The van der Waals surface area contributed by atoms with Crippen LogP contribution in [0.5, 0.6) is 0 Å². The molecule has 0 radical (unpaired) electrons. The number of rotatable bonds is 6. The van der Waals surface area contributed by atoms with E-state index < -0.39 is 0 Å². The Morgan fingerprint density at radius 3 is 2.37 bits per heavy atom. The number of anilines is 2. The molecule has 2 aromatic rings. The summed E-state index contributed by atoms with van der Waals surface area (Å²) in [4.78, 5) is 25.0. The average Bonchev–Trinajstić information content (AvgIpc) is 3.49. The van der Waals surface area contributed by atoms with Crippen LogP contribution >= 0.6 is 0 Å². The smallest absolute Gasteiger partial charge is 0.134 e. The molecule has 0 N–H and O–H groups in total. The average molecular weight is 368 g/mol. The highest BCUT2D eigenvalue weighted by Gasteiger charge is 2.36. The SMILES string of the molecule is Cc1cncc(CN2CCC(N(c3cc(N(C)C)ncn3)C3CC3)CC2)n1. The number of likely N-dealkylation sites (tertiary alicyclic amines) is 1. The molecule has 144 valence electrons. The fraction of sp³-hybridized carbons (Fsp3) is 0.600. The minimum atomic E-state index is 0.558. The van der Waals surface area contributed by atoms with Crippen molar-refractivity contribution >= 4 is 11.6 Å². The van der Waals surface area contributed by atoms with Gasteiger partial charge in [0.15, 0.2) is 0 Å². The monoisotopic (exact) mass is 367 g/mol. The Balaban J connectivity index is 1.41. The molecule has 1 saturated heterocycles. The molecule has 0 bridgehead atoms. The molecule has 2 aliphatic rings. The molecule has 0 unspecified atom stereocenters. The van der Waals surface area contributed by atoms with Crippen molar-refractivity contribution in [2.45, 2.75) is 51.2 Å². The topological polar surface area (TPSA) is 61.3 Å². The fourth-order valence-corrected chi connectivity index (χ4v) is 3.92. The molecular weight excluding hydrogens is 338 g/mol. The van der Waals surface area contributed by atoms with Gasteiger partial charge in [-0.25, -0.2) is 9.97 Å². The lowest BCUT2D eigenvalue weighted by molar-refractivity contribution is 0.198. The van der Waals surface area contributed by atoms with Gasteiger partial charge in [-0.1, -0.05) is 0 Å². The van der Waals surface area contributed by atoms with Crippen molar-refractivity contribution in [3.63, 3.8) is 0 Å². The molecule has 0 aromatic carbocycles. The second kappa shape index (κ2) is 7.76. The molecule has 2 aromatic heterocycles. The molecule has 7 nitrogen and oxygen atoms in total. The second-order valence-corrected chi connectivity index (χ2v) is 7.93. The van der Waals surface area contributed by atoms with Crippen molar-refractivity contribution in [3.05, 3.63) is 36.2 Å². The van der Waals surface area contributed by atoms with Crippen LogP contribution < -0.4 is 9.80 Å². The first-order valence-electron chi connectivity index (χ1n) is 9.88. The summed E-state index contributed by atoms with van der Waals surface area (Å²) in [7, 11) is 4.06. The summed E-state index contributed by atoms with van der Waals surface area (Å²) in [5, 5.41) is 0. The van der Waals surface area contributed by atoms with Crippen LogP contribution in [0.2, 0.25) is 0 Å². The summed E-state index contributed by atoms with van der Waals surface area (Å²) >= 11 is 0. The van der Waals surface area contributed by atoms with E-state index in [1.807, 2.05) is 38.3 Å². The van der Waals surface area contributed by atoms with E-state index in [1.54, 1.807) is 6.33 Å². The molecule has 7 heteroatoms. The third-order valence-corrected chi connectivity index (χ3v) is 5.44. The van der Waals surface area contributed by atoms with Gasteiger partial charge in [0.25, 0.3) is 0 Å². The zero-order chi connectivity index (χ0) is 18.8. The van der Waals surface area contributed by atoms with Crippen LogP contribution in [-0.2, 0) is 6.54 Å². The molecule has 1 aliphatic carbocycles. The first-order valence-corrected chi connectivity index (χ1v) is 9.88. The predicted molar refractivity (Wildman–Crippen MR) is 107 cm³/mol. The maximum Gasteiger partial charge on any atom is 0.134 e. The largest absolute Gasteiger partial charge is 0.363 e. The van der Waals surface area contributed by atoms with Gasteiger partial charge in [0, 0.05) is 64.3 Å². The van der Waals surface area contributed by atoms with Crippen molar-refractivity contribution in [3.8, 4) is 0 Å². The number of piperidine rings is 1. The zero-order valence-corrected chi connectivity index (χ0v) is 16.5. The number of aromatic nitrogens is 4. The van der Waals surface area contributed by atoms with Gasteiger partial charge in [-0.15, -0.1) is 0 Å². The summed E-state index contributed by atoms with van der Waals surface area (Å²) in [6.45, 7) is 5.08. The normalized spacial score (nSPS) is 18.5. The lowest BCUT2D eigenvalue weighted by Gasteiger charge is -2.39. The highest BCUT2D eigenvalue weighted by molar-refractivity contribution is 5.51. The van der Waals surface area contributed by atoms with Crippen LogP contribution in [0.4, 0.5) is 11.6 Å². The fourth-order valence-electron chi connectivity index (χ4n) is 3.92. The van der Waals surface area contributed by atoms with Crippen LogP contribution in [0.15, 0.2) is 24.8 Å². The van der Waals surface area contributed by atoms with Gasteiger partial charge in [0.05, 0.1) is 11.4 Å². The third kappa shape index (κ3) is 4.35. The van der Waals surface area contributed by atoms with Crippen molar-refractivity contribution in [1.82, 2.24) is 24.8 Å². The Morgan fingerprint density at radius 2 is 1.70 bits per heavy atom. The Hall–Kier alpha value is -2.28. The van der Waals surface area contributed by atoms with Crippen LogP contribution in [-0.4, -0.2) is 64.1 Å². The highest BCUT2D eigenvalue weighted by atomic mass is 15.3. The Bertz CT molecular complexity index is 766. The van der Waals surface area contributed by atoms with Crippen molar-refractivity contribution in [2.75, 3.05) is 37.0 Å². The first kappa shape index (κ1) is 18.1. The second-order valence-electron chi connectivity index (χ2n) is 7.93. The van der Waals surface area contributed by atoms with E-state index in [0.717, 1.165) is 55.5 Å². The summed E-state index contributed by atoms with van der Waals surface area (Å²) in [5.74, 6) is 2.06. The van der Waals surface area contributed by atoms with Crippen molar-refractivity contribution < 1.29 is 0 Å². The minimum absolute atomic E-state index is 0.558. The van der Waals surface area contributed by atoms with E-state index in [4.69, 9.17) is 0 Å². The van der Waals surface area contributed by atoms with E-state index in [2.05, 4.69) is 35.8 Å². The van der Waals surface area contributed by atoms with Crippen LogP contribution in [0, 0.1) is 6.92 Å². The Labute approximate surface area is 161 Å². The molecule has 2 fully saturated rings. The number of hydrogen-bond acceptors (Lipinski definition) is 7. The van der Waals surface area contributed by atoms with Crippen LogP contribution in [0.1, 0.15) is 37.1 Å². The maximum atomic E-state index is 4.61. The molecule has 0 amide bonds. The van der Waals surface area contributed by atoms with Crippen molar-refractivity contribution in [2.24, 2.45) is 0 Å². The summed E-state index contributed by atoms with van der Waals surface area (Å²) < 4.78 is 0. The quantitative estimate of drug-likeness (QED) is 0.776. The molecule has 0 spiro atoms. The predicted octanol–water partition coefficient (Wildman–Crippen LogP) is 2.27. The van der Waals surface area contributed by atoms with Gasteiger partial charge in [-0.05, 0) is 32.6 Å². The molecule has 27 heavy (non-hydrogen) atoms. The number of nitrogens with zero attached hydrogens (tertiary/aromatic N) is 7. The molecule has 0 atom stereocenters. The lowest BCUT2D eigenvalue weighted by atomic mass is 10.0. The van der Waals surface area contributed by atoms with Gasteiger partial charge >= 0.3 is 0 Å². The standard InChI is InChI=1S/C20H29N7/c1-15-11-21-12-16(24-15)13-26-8-6-18(7-9-26)27(17-4-5-17)20-10-19(25(2)3)22-14-23-20/h10-12,14,17-18H,4-9,13H2,1-3H3. The number of hydrogen-bond donors (Lipinski definition) is 0. The minimum Gasteiger partial charge on any atom is -0.363 e. The molecule has 1 saturated carbocycles. The van der Waals surface area contributed by atoms with Gasteiger partial charge < -0.3 is 9.80 Å². The van der Waals surface area contributed by atoms with Gasteiger partial charge in [-0.2, -0.15) is 0 Å². The van der Waals surface area contributed by atoms with E-state index in [1.165, 1.54) is 12.8 Å².